The van der Waals surface area contributed by atoms with Crippen molar-refractivity contribution in [2.24, 2.45) is 5.92 Å². The summed E-state index contributed by atoms with van der Waals surface area (Å²) in [5.41, 5.74) is -0.625. The number of halogens is 1. The van der Waals surface area contributed by atoms with Gasteiger partial charge in [0.05, 0.1) is 4.92 Å². The molecule has 1 saturated heterocycles. The highest BCUT2D eigenvalue weighted by atomic mass is 19.1. The first-order valence-electron chi connectivity index (χ1n) is 5.37. The van der Waals surface area contributed by atoms with Gasteiger partial charge >= 0.3 is 5.69 Å². The van der Waals surface area contributed by atoms with Crippen molar-refractivity contribution in [2.45, 2.75) is 0 Å². The number of hydrogen-bond donors (Lipinski definition) is 1. The number of nitro groups is 1. The highest BCUT2D eigenvalue weighted by Crippen LogP contribution is 2.22. The van der Waals surface area contributed by atoms with Gasteiger partial charge in [0.15, 0.2) is 0 Å². The standard InChI is InChI=1S/C11H11FN2O4/c12-9-2-1-8(3-10(9)14(17)18)11(16)13-4-7(5-13)6-15/h1-3,7,15H,4-6H2. The van der Waals surface area contributed by atoms with E-state index in [1.807, 2.05) is 0 Å². The van der Waals surface area contributed by atoms with Gasteiger partial charge in [-0.05, 0) is 12.1 Å². The van der Waals surface area contributed by atoms with E-state index in [9.17, 15) is 19.3 Å². The summed E-state index contributed by atoms with van der Waals surface area (Å²) in [6, 6.07) is 3.07. The molecule has 0 unspecified atom stereocenters. The van der Waals surface area contributed by atoms with Crippen molar-refractivity contribution < 1.29 is 19.2 Å². The van der Waals surface area contributed by atoms with Gasteiger partial charge in [-0.15, -0.1) is 0 Å². The number of aliphatic hydroxyl groups is 1. The molecule has 18 heavy (non-hydrogen) atoms. The Hall–Kier alpha value is -2.02. The van der Waals surface area contributed by atoms with Gasteiger partial charge < -0.3 is 10.0 Å². The Morgan fingerprint density at radius 3 is 2.78 bits per heavy atom. The van der Waals surface area contributed by atoms with E-state index in [1.165, 1.54) is 11.0 Å². The van der Waals surface area contributed by atoms with Crippen LogP contribution in [0.25, 0.3) is 0 Å². The maximum absolute atomic E-state index is 13.1. The van der Waals surface area contributed by atoms with Crippen molar-refractivity contribution in [1.82, 2.24) is 4.90 Å². The second-order valence-corrected chi connectivity index (χ2v) is 4.18. The van der Waals surface area contributed by atoms with E-state index in [2.05, 4.69) is 0 Å². The largest absolute Gasteiger partial charge is 0.396 e. The van der Waals surface area contributed by atoms with Crippen molar-refractivity contribution in [2.75, 3.05) is 19.7 Å². The Morgan fingerprint density at radius 1 is 1.56 bits per heavy atom. The minimum absolute atomic E-state index is 0.00729. The van der Waals surface area contributed by atoms with Crippen LogP contribution in [-0.4, -0.2) is 40.5 Å². The SMILES string of the molecule is O=C(c1ccc(F)c([N+](=O)[O-])c1)N1CC(CO)C1. The first-order chi connectivity index (χ1) is 8.52. The summed E-state index contributed by atoms with van der Waals surface area (Å²) in [6.07, 6.45) is 0. The van der Waals surface area contributed by atoms with Gasteiger partial charge in [0.2, 0.25) is 5.82 Å². The summed E-state index contributed by atoms with van der Waals surface area (Å²) >= 11 is 0. The summed E-state index contributed by atoms with van der Waals surface area (Å²) in [6.45, 7) is 0.842. The van der Waals surface area contributed by atoms with Gasteiger partial charge in [0.1, 0.15) is 0 Å². The maximum atomic E-state index is 13.1. The predicted molar refractivity (Wildman–Crippen MR) is 59.5 cm³/mol. The molecule has 0 aromatic heterocycles. The first-order valence-corrected chi connectivity index (χ1v) is 5.37. The molecule has 0 bridgehead atoms. The average molecular weight is 254 g/mol. The summed E-state index contributed by atoms with van der Waals surface area (Å²) in [5.74, 6) is -1.29. The Bertz CT molecular complexity index is 500. The average Bonchev–Trinajstić information content (AvgIpc) is 2.27. The van der Waals surface area contributed by atoms with Crippen LogP contribution < -0.4 is 0 Å². The van der Waals surface area contributed by atoms with E-state index in [0.29, 0.717) is 13.1 Å². The van der Waals surface area contributed by atoms with E-state index in [1.54, 1.807) is 0 Å². The van der Waals surface area contributed by atoms with Crippen LogP contribution in [0.3, 0.4) is 0 Å². The summed E-state index contributed by atoms with van der Waals surface area (Å²) in [4.78, 5) is 23.0. The van der Waals surface area contributed by atoms with Crippen molar-refractivity contribution >= 4 is 11.6 Å². The van der Waals surface area contributed by atoms with Crippen LogP contribution in [0, 0.1) is 21.8 Å². The molecule has 0 radical (unpaired) electrons. The molecule has 1 amide bonds. The Kier molecular flexibility index (Phi) is 3.24. The number of nitrogens with zero attached hydrogens (tertiary/aromatic N) is 2. The highest BCUT2D eigenvalue weighted by molar-refractivity contribution is 5.95. The van der Waals surface area contributed by atoms with Gasteiger partial charge in [-0.2, -0.15) is 4.39 Å². The number of nitro benzene ring substituents is 1. The molecule has 1 fully saturated rings. The topological polar surface area (TPSA) is 83.7 Å². The molecular weight excluding hydrogens is 243 g/mol. The fourth-order valence-corrected chi connectivity index (χ4v) is 1.82. The zero-order valence-corrected chi connectivity index (χ0v) is 9.38. The molecule has 1 aliphatic rings. The Labute approximate surface area is 102 Å². The molecule has 0 aliphatic carbocycles. The van der Waals surface area contributed by atoms with Crippen molar-refractivity contribution in [3.8, 4) is 0 Å². The van der Waals surface area contributed by atoms with Crippen LogP contribution in [0.5, 0.6) is 0 Å². The second kappa shape index (κ2) is 4.69. The van der Waals surface area contributed by atoms with E-state index in [0.717, 1.165) is 12.1 Å². The zero-order valence-electron chi connectivity index (χ0n) is 9.38. The first kappa shape index (κ1) is 12.4. The lowest BCUT2D eigenvalue weighted by Gasteiger charge is -2.38. The minimum Gasteiger partial charge on any atom is -0.396 e. The fraction of sp³-hybridized carbons (Fsp3) is 0.364. The summed E-state index contributed by atoms with van der Waals surface area (Å²) in [5, 5.41) is 19.4. The van der Waals surface area contributed by atoms with E-state index in [-0.39, 0.29) is 24.0 Å². The Morgan fingerprint density at radius 2 is 2.22 bits per heavy atom. The third kappa shape index (κ3) is 2.17. The predicted octanol–water partition coefficient (Wildman–Crippen LogP) is 0.798. The molecule has 7 heteroatoms. The van der Waals surface area contributed by atoms with Crippen LogP contribution in [-0.2, 0) is 0 Å². The number of carbonyl (C=O) groups is 1. The van der Waals surface area contributed by atoms with Crippen LogP contribution in [0.2, 0.25) is 0 Å². The number of carbonyl (C=O) groups excluding carboxylic acids is 1. The third-order valence-corrected chi connectivity index (χ3v) is 2.89. The van der Waals surface area contributed by atoms with Crippen molar-refractivity contribution in [1.29, 1.82) is 0 Å². The monoisotopic (exact) mass is 254 g/mol. The molecule has 1 aromatic carbocycles. The second-order valence-electron chi connectivity index (χ2n) is 4.18. The number of benzene rings is 1. The van der Waals surface area contributed by atoms with Gasteiger partial charge in [-0.1, -0.05) is 0 Å². The molecule has 1 aliphatic heterocycles. The van der Waals surface area contributed by atoms with Gasteiger partial charge in [-0.3, -0.25) is 14.9 Å². The van der Waals surface area contributed by atoms with Crippen LogP contribution in [0.4, 0.5) is 10.1 Å². The molecule has 0 atom stereocenters. The molecular formula is C11H11FN2O4. The van der Waals surface area contributed by atoms with Gasteiger partial charge in [0.25, 0.3) is 5.91 Å². The number of likely N-dealkylation sites (tertiary alicyclic amines) is 1. The van der Waals surface area contributed by atoms with E-state index >= 15 is 0 Å². The van der Waals surface area contributed by atoms with E-state index in [4.69, 9.17) is 5.11 Å². The molecule has 0 spiro atoms. The van der Waals surface area contributed by atoms with Crippen LogP contribution >= 0.6 is 0 Å². The van der Waals surface area contributed by atoms with Crippen LogP contribution in [0.1, 0.15) is 10.4 Å². The maximum Gasteiger partial charge on any atom is 0.305 e. The molecule has 1 aromatic rings. The molecule has 1 N–H and O–H groups in total. The normalized spacial score (nSPS) is 15.3. The van der Waals surface area contributed by atoms with Crippen molar-refractivity contribution in [3.05, 3.63) is 39.7 Å². The zero-order chi connectivity index (χ0) is 13.3. The van der Waals surface area contributed by atoms with Crippen LogP contribution in [0.15, 0.2) is 18.2 Å². The molecule has 2 rings (SSSR count). The fourth-order valence-electron chi connectivity index (χ4n) is 1.82. The Balaban J connectivity index is 2.17. The summed E-state index contributed by atoms with van der Waals surface area (Å²) < 4.78 is 13.1. The minimum atomic E-state index is -0.964. The molecule has 0 saturated carbocycles. The van der Waals surface area contributed by atoms with Gasteiger partial charge in [0, 0.05) is 37.2 Å². The van der Waals surface area contributed by atoms with Crippen molar-refractivity contribution in [3.63, 3.8) is 0 Å². The number of amides is 1. The lowest BCUT2D eigenvalue weighted by atomic mass is 10.00. The third-order valence-electron chi connectivity index (χ3n) is 2.89. The van der Waals surface area contributed by atoms with Gasteiger partial charge in [-0.25, -0.2) is 0 Å². The summed E-state index contributed by atoms with van der Waals surface area (Å²) in [7, 11) is 0. The van der Waals surface area contributed by atoms with E-state index < -0.39 is 16.4 Å². The number of aliphatic hydroxyl groups excluding tert-OH is 1. The number of rotatable bonds is 3. The molecule has 6 nitrogen and oxygen atoms in total. The quantitative estimate of drug-likeness (QED) is 0.638. The smallest absolute Gasteiger partial charge is 0.305 e. The molecule has 1 heterocycles. The highest BCUT2D eigenvalue weighted by Gasteiger charge is 2.31. The number of hydrogen-bond acceptors (Lipinski definition) is 4. The lowest BCUT2D eigenvalue weighted by molar-refractivity contribution is -0.387. The lowest BCUT2D eigenvalue weighted by Crippen LogP contribution is -2.51. The molecule has 96 valence electrons.